The number of methoxy groups -OCH3 is 2. The van der Waals surface area contributed by atoms with Crippen LogP contribution >= 0.6 is 0 Å². The second kappa shape index (κ2) is 8.94. The lowest BCUT2D eigenvalue weighted by molar-refractivity contribution is 0.251. The van der Waals surface area contributed by atoms with Gasteiger partial charge in [-0.2, -0.15) is 0 Å². The van der Waals surface area contributed by atoms with Crippen molar-refractivity contribution in [3.05, 3.63) is 53.6 Å². The number of hydrogen-bond acceptors (Lipinski definition) is 4. The Labute approximate surface area is 148 Å². The third kappa shape index (κ3) is 6.00. The van der Waals surface area contributed by atoms with E-state index in [9.17, 15) is 4.79 Å². The third-order valence-electron chi connectivity index (χ3n) is 3.55. The van der Waals surface area contributed by atoms with Crippen LogP contribution in [0.15, 0.2) is 42.5 Å². The molecule has 25 heavy (non-hydrogen) atoms. The third-order valence-corrected chi connectivity index (χ3v) is 3.55. The number of carbonyl (C=O) groups is 1. The van der Waals surface area contributed by atoms with Gasteiger partial charge in [0, 0.05) is 37.0 Å². The van der Waals surface area contributed by atoms with E-state index in [2.05, 4.69) is 27.7 Å². The lowest BCUT2D eigenvalue weighted by Crippen LogP contribution is -2.28. The molecule has 0 unspecified atom stereocenters. The van der Waals surface area contributed by atoms with Crippen LogP contribution in [0.4, 0.5) is 10.5 Å². The van der Waals surface area contributed by atoms with E-state index in [1.807, 2.05) is 26.2 Å². The number of urea groups is 1. The topological polar surface area (TPSA) is 62.8 Å². The minimum Gasteiger partial charge on any atom is -0.497 e. The summed E-state index contributed by atoms with van der Waals surface area (Å²) in [6, 6.07) is 13.1. The molecule has 0 bridgehead atoms. The number of nitrogens with zero attached hydrogens (tertiary/aromatic N) is 1. The molecule has 2 aromatic carbocycles. The normalized spacial score (nSPS) is 10.4. The molecular formula is C19H25N3O3. The highest BCUT2D eigenvalue weighted by Gasteiger charge is 2.06. The second-order valence-electron chi connectivity index (χ2n) is 5.97. The Balaban J connectivity index is 1.95. The van der Waals surface area contributed by atoms with E-state index in [0.717, 1.165) is 12.1 Å². The Bertz CT molecular complexity index is 695. The van der Waals surface area contributed by atoms with Crippen LogP contribution in [0.1, 0.15) is 11.1 Å². The number of rotatable bonds is 7. The van der Waals surface area contributed by atoms with Gasteiger partial charge in [0.1, 0.15) is 11.5 Å². The molecule has 0 saturated carbocycles. The number of hydrogen-bond donors (Lipinski definition) is 2. The molecule has 0 fully saturated rings. The summed E-state index contributed by atoms with van der Waals surface area (Å²) >= 11 is 0. The number of amides is 2. The zero-order valence-corrected chi connectivity index (χ0v) is 15.1. The van der Waals surface area contributed by atoms with Crippen molar-refractivity contribution >= 4 is 11.7 Å². The Morgan fingerprint density at radius 1 is 1.00 bits per heavy atom. The lowest BCUT2D eigenvalue weighted by atomic mass is 10.1. The molecule has 0 spiro atoms. The summed E-state index contributed by atoms with van der Waals surface area (Å²) in [6.45, 7) is 1.32. The molecule has 2 amide bonds. The van der Waals surface area contributed by atoms with Gasteiger partial charge in [0.25, 0.3) is 0 Å². The number of benzene rings is 2. The second-order valence-corrected chi connectivity index (χ2v) is 5.97. The fourth-order valence-corrected chi connectivity index (χ4v) is 2.44. The molecule has 2 rings (SSSR count). The van der Waals surface area contributed by atoms with Crippen molar-refractivity contribution in [1.29, 1.82) is 0 Å². The predicted octanol–water partition coefficient (Wildman–Crippen LogP) is 3.09. The summed E-state index contributed by atoms with van der Waals surface area (Å²) in [6.07, 6.45) is 0. The summed E-state index contributed by atoms with van der Waals surface area (Å²) < 4.78 is 10.4. The first-order valence-corrected chi connectivity index (χ1v) is 8.00. The zero-order valence-electron chi connectivity index (χ0n) is 15.1. The molecule has 0 heterocycles. The SMILES string of the molecule is COc1cc(NC(=O)NCc2cccc(CN(C)C)c2)cc(OC)c1. The highest BCUT2D eigenvalue weighted by molar-refractivity contribution is 5.89. The molecule has 0 aliphatic heterocycles. The Hall–Kier alpha value is -2.73. The van der Waals surface area contributed by atoms with Gasteiger partial charge in [-0.1, -0.05) is 24.3 Å². The summed E-state index contributed by atoms with van der Waals surface area (Å²) in [5, 5.41) is 5.65. The van der Waals surface area contributed by atoms with Gasteiger partial charge in [-0.3, -0.25) is 0 Å². The minimum atomic E-state index is -0.284. The minimum absolute atomic E-state index is 0.284. The lowest BCUT2D eigenvalue weighted by Gasteiger charge is -2.12. The largest absolute Gasteiger partial charge is 0.497 e. The first-order valence-electron chi connectivity index (χ1n) is 8.00. The highest BCUT2D eigenvalue weighted by atomic mass is 16.5. The van der Waals surface area contributed by atoms with Gasteiger partial charge in [0.15, 0.2) is 0 Å². The Morgan fingerprint density at radius 2 is 1.64 bits per heavy atom. The number of carbonyl (C=O) groups excluding carboxylic acids is 1. The molecule has 6 nitrogen and oxygen atoms in total. The fraction of sp³-hybridized carbons (Fsp3) is 0.316. The smallest absolute Gasteiger partial charge is 0.319 e. The fourth-order valence-electron chi connectivity index (χ4n) is 2.44. The van der Waals surface area contributed by atoms with Crippen LogP contribution in [0, 0.1) is 0 Å². The monoisotopic (exact) mass is 343 g/mol. The quantitative estimate of drug-likeness (QED) is 0.811. The van der Waals surface area contributed by atoms with Gasteiger partial charge in [-0.25, -0.2) is 4.79 Å². The van der Waals surface area contributed by atoms with Gasteiger partial charge in [-0.05, 0) is 25.2 Å². The highest BCUT2D eigenvalue weighted by Crippen LogP contribution is 2.25. The molecular weight excluding hydrogens is 318 g/mol. The van der Waals surface area contributed by atoms with Crippen LogP contribution in [0.5, 0.6) is 11.5 Å². The molecule has 6 heteroatoms. The molecule has 0 aliphatic rings. The van der Waals surface area contributed by atoms with E-state index in [1.54, 1.807) is 32.4 Å². The molecule has 0 aliphatic carbocycles. The van der Waals surface area contributed by atoms with Crippen molar-refractivity contribution in [2.75, 3.05) is 33.6 Å². The van der Waals surface area contributed by atoms with Gasteiger partial charge < -0.3 is 25.0 Å². The van der Waals surface area contributed by atoms with E-state index < -0.39 is 0 Å². The molecule has 0 radical (unpaired) electrons. The van der Waals surface area contributed by atoms with Crippen molar-refractivity contribution in [3.63, 3.8) is 0 Å². The van der Waals surface area contributed by atoms with E-state index >= 15 is 0 Å². The van der Waals surface area contributed by atoms with Crippen molar-refractivity contribution < 1.29 is 14.3 Å². The first-order chi connectivity index (χ1) is 12.0. The molecule has 2 N–H and O–H groups in total. The summed E-state index contributed by atoms with van der Waals surface area (Å²) in [7, 11) is 7.19. The van der Waals surface area contributed by atoms with Gasteiger partial charge >= 0.3 is 6.03 Å². The van der Waals surface area contributed by atoms with Gasteiger partial charge in [0.05, 0.1) is 14.2 Å². The van der Waals surface area contributed by atoms with Crippen molar-refractivity contribution in [2.24, 2.45) is 0 Å². The molecule has 2 aromatic rings. The van der Waals surface area contributed by atoms with Crippen LogP contribution < -0.4 is 20.1 Å². The molecule has 0 atom stereocenters. The number of ether oxygens (including phenoxy) is 2. The maximum absolute atomic E-state index is 12.1. The maximum Gasteiger partial charge on any atom is 0.319 e. The summed E-state index contributed by atoms with van der Waals surface area (Å²) in [5.41, 5.74) is 2.87. The van der Waals surface area contributed by atoms with Crippen LogP contribution in [0.2, 0.25) is 0 Å². The van der Waals surface area contributed by atoms with Crippen LogP contribution in [-0.4, -0.2) is 39.2 Å². The predicted molar refractivity (Wildman–Crippen MR) is 99.2 cm³/mol. The number of nitrogens with one attached hydrogen (secondary N) is 2. The Kier molecular flexibility index (Phi) is 6.65. The Morgan fingerprint density at radius 3 is 2.24 bits per heavy atom. The van der Waals surface area contributed by atoms with Crippen molar-refractivity contribution in [3.8, 4) is 11.5 Å². The van der Waals surface area contributed by atoms with E-state index in [4.69, 9.17) is 9.47 Å². The van der Waals surface area contributed by atoms with Gasteiger partial charge in [0.2, 0.25) is 0 Å². The van der Waals surface area contributed by atoms with Gasteiger partial charge in [-0.15, -0.1) is 0 Å². The summed E-state index contributed by atoms with van der Waals surface area (Å²) in [5.74, 6) is 1.23. The van der Waals surface area contributed by atoms with E-state index in [0.29, 0.717) is 23.7 Å². The van der Waals surface area contributed by atoms with Crippen molar-refractivity contribution in [1.82, 2.24) is 10.2 Å². The summed E-state index contributed by atoms with van der Waals surface area (Å²) in [4.78, 5) is 14.2. The average molecular weight is 343 g/mol. The van der Waals surface area contributed by atoms with E-state index in [-0.39, 0.29) is 6.03 Å². The molecule has 0 aromatic heterocycles. The van der Waals surface area contributed by atoms with Crippen LogP contribution in [0.3, 0.4) is 0 Å². The maximum atomic E-state index is 12.1. The first kappa shape index (κ1) is 18.6. The average Bonchev–Trinajstić information content (AvgIpc) is 2.59. The van der Waals surface area contributed by atoms with E-state index in [1.165, 1.54) is 5.56 Å². The molecule has 0 saturated heterocycles. The standard InChI is InChI=1S/C19H25N3O3/c1-22(2)13-15-7-5-6-14(8-15)12-20-19(23)21-16-9-17(24-3)11-18(10-16)25-4/h5-11H,12-13H2,1-4H3,(H2,20,21,23). The van der Waals surface area contributed by atoms with Crippen LogP contribution in [0.25, 0.3) is 0 Å². The number of anilines is 1. The molecule has 134 valence electrons. The van der Waals surface area contributed by atoms with Crippen molar-refractivity contribution in [2.45, 2.75) is 13.1 Å². The zero-order chi connectivity index (χ0) is 18.2. The van der Waals surface area contributed by atoms with Crippen LogP contribution in [-0.2, 0) is 13.1 Å².